The van der Waals surface area contributed by atoms with Crippen molar-refractivity contribution < 1.29 is 4.79 Å². The highest BCUT2D eigenvalue weighted by Crippen LogP contribution is 1.98. The Morgan fingerprint density at radius 3 is 1.82 bits per heavy atom. The van der Waals surface area contributed by atoms with Gasteiger partial charge in [-0.3, -0.25) is 4.79 Å². The summed E-state index contributed by atoms with van der Waals surface area (Å²) in [6.45, 7) is 1.88. The van der Waals surface area contributed by atoms with Gasteiger partial charge in [0.1, 0.15) is 0 Å². The molecule has 2 aromatic rings. The highest BCUT2D eigenvalue weighted by molar-refractivity contribution is 5.85. The summed E-state index contributed by atoms with van der Waals surface area (Å²) in [7, 11) is 0. The second kappa shape index (κ2) is 10.8. The SMILES string of the molecule is Cl.O=C(CNCCc1ccccc1)NCCc1ccccc1. The van der Waals surface area contributed by atoms with E-state index in [1.807, 2.05) is 36.4 Å². The second-order valence-corrected chi connectivity index (χ2v) is 5.00. The first-order chi connectivity index (χ1) is 10.3. The number of benzene rings is 2. The van der Waals surface area contributed by atoms with Crippen LogP contribution in [0.4, 0.5) is 0 Å². The first-order valence-electron chi connectivity index (χ1n) is 7.40. The van der Waals surface area contributed by atoms with Gasteiger partial charge in [0.2, 0.25) is 5.91 Å². The minimum atomic E-state index is 0. The molecule has 0 unspecified atom stereocenters. The normalized spacial score (nSPS) is 9.82. The maximum absolute atomic E-state index is 11.7. The van der Waals surface area contributed by atoms with E-state index < -0.39 is 0 Å². The third kappa shape index (κ3) is 7.25. The van der Waals surface area contributed by atoms with Crippen LogP contribution >= 0.6 is 12.4 Å². The third-order valence-electron chi connectivity index (χ3n) is 3.30. The summed E-state index contributed by atoms with van der Waals surface area (Å²) >= 11 is 0. The van der Waals surface area contributed by atoms with Crippen molar-refractivity contribution in [2.24, 2.45) is 0 Å². The molecular formula is C18H23ClN2O. The van der Waals surface area contributed by atoms with Crippen LogP contribution in [0.1, 0.15) is 11.1 Å². The van der Waals surface area contributed by atoms with E-state index in [1.165, 1.54) is 11.1 Å². The molecule has 0 aliphatic heterocycles. The van der Waals surface area contributed by atoms with Gasteiger partial charge in [0, 0.05) is 6.54 Å². The second-order valence-electron chi connectivity index (χ2n) is 5.00. The molecule has 0 saturated heterocycles. The lowest BCUT2D eigenvalue weighted by Gasteiger charge is -2.07. The molecule has 0 aliphatic rings. The number of halogens is 1. The summed E-state index contributed by atoms with van der Waals surface area (Å²) in [6, 6.07) is 20.5. The van der Waals surface area contributed by atoms with Gasteiger partial charge in [0.05, 0.1) is 6.54 Å². The van der Waals surface area contributed by atoms with E-state index in [0.29, 0.717) is 13.1 Å². The van der Waals surface area contributed by atoms with Crippen molar-refractivity contribution in [1.29, 1.82) is 0 Å². The molecule has 0 saturated carbocycles. The van der Waals surface area contributed by atoms with Gasteiger partial charge in [-0.2, -0.15) is 0 Å². The largest absolute Gasteiger partial charge is 0.355 e. The van der Waals surface area contributed by atoms with Crippen LogP contribution in [0.5, 0.6) is 0 Å². The van der Waals surface area contributed by atoms with Crippen molar-refractivity contribution in [2.75, 3.05) is 19.6 Å². The molecule has 3 nitrogen and oxygen atoms in total. The molecule has 0 heterocycles. The van der Waals surface area contributed by atoms with Crippen molar-refractivity contribution >= 4 is 18.3 Å². The number of carbonyl (C=O) groups excluding carboxylic acids is 1. The summed E-state index contributed by atoms with van der Waals surface area (Å²) in [5.74, 6) is 0.0546. The fourth-order valence-electron chi connectivity index (χ4n) is 2.13. The van der Waals surface area contributed by atoms with Gasteiger partial charge in [0.15, 0.2) is 0 Å². The zero-order valence-electron chi connectivity index (χ0n) is 12.6. The zero-order chi connectivity index (χ0) is 14.8. The summed E-state index contributed by atoms with van der Waals surface area (Å²) in [6.07, 6.45) is 1.81. The lowest BCUT2D eigenvalue weighted by atomic mass is 10.1. The molecule has 0 bridgehead atoms. The van der Waals surface area contributed by atoms with Crippen LogP contribution in [0.2, 0.25) is 0 Å². The van der Waals surface area contributed by atoms with E-state index in [4.69, 9.17) is 0 Å². The minimum Gasteiger partial charge on any atom is -0.355 e. The third-order valence-corrected chi connectivity index (χ3v) is 3.30. The molecule has 0 aliphatic carbocycles. The van der Waals surface area contributed by atoms with E-state index in [9.17, 15) is 4.79 Å². The Morgan fingerprint density at radius 1 is 0.773 bits per heavy atom. The summed E-state index contributed by atoms with van der Waals surface area (Å²) in [4.78, 5) is 11.7. The van der Waals surface area contributed by atoms with Gasteiger partial charge < -0.3 is 10.6 Å². The number of nitrogens with one attached hydrogen (secondary N) is 2. The van der Waals surface area contributed by atoms with Crippen molar-refractivity contribution in [3.05, 3.63) is 71.8 Å². The van der Waals surface area contributed by atoms with Crippen molar-refractivity contribution in [3.63, 3.8) is 0 Å². The number of amides is 1. The number of rotatable bonds is 8. The zero-order valence-corrected chi connectivity index (χ0v) is 13.4. The van der Waals surface area contributed by atoms with Gasteiger partial charge in [-0.1, -0.05) is 60.7 Å². The van der Waals surface area contributed by atoms with Gasteiger partial charge in [-0.05, 0) is 30.5 Å². The van der Waals surface area contributed by atoms with Gasteiger partial charge in [-0.15, -0.1) is 12.4 Å². The van der Waals surface area contributed by atoms with Crippen molar-refractivity contribution in [3.8, 4) is 0 Å². The Bertz CT molecular complexity index is 531. The number of hydrogen-bond acceptors (Lipinski definition) is 2. The van der Waals surface area contributed by atoms with Crippen molar-refractivity contribution in [2.45, 2.75) is 12.8 Å². The van der Waals surface area contributed by atoms with Crippen molar-refractivity contribution in [1.82, 2.24) is 10.6 Å². The molecular weight excluding hydrogens is 296 g/mol. The minimum absolute atomic E-state index is 0. The average molecular weight is 319 g/mol. The lowest BCUT2D eigenvalue weighted by molar-refractivity contribution is -0.120. The Hall–Kier alpha value is -1.84. The summed E-state index contributed by atoms with van der Waals surface area (Å²) < 4.78 is 0. The molecule has 0 spiro atoms. The first kappa shape index (κ1) is 18.2. The van der Waals surface area contributed by atoms with E-state index in [1.54, 1.807) is 0 Å². The maximum Gasteiger partial charge on any atom is 0.233 e. The lowest BCUT2D eigenvalue weighted by Crippen LogP contribution is -2.35. The van der Waals surface area contributed by atoms with E-state index in [0.717, 1.165) is 19.4 Å². The average Bonchev–Trinajstić information content (AvgIpc) is 2.54. The van der Waals surface area contributed by atoms with Crippen LogP contribution in [0.25, 0.3) is 0 Å². The molecule has 1 amide bonds. The Kier molecular flexibility index (Phi) is 8.96. The predicted molar refractivity (Wildman–Crippen MR) is 93.4 cm³/mol. The monoisotopic (exact) mass is 318 g/mol. The topological polar surface area (TPSA) is 41.1 Å². The summed E-state index contributed by atoms with van der Waals surface area (Å²) in [5.41, 5.74) is 2.53. The molecule has 4 heteroatoms. The fourth-order valence-corrected chi connectivity index (χ4v) is 2.13. The van der Waals surface area contributed by atoms with E-state index in [-0.39, 0.29) is 18.3 Å². The standard InChI is InChI=1S/C18H22N2O.ClH/c21-18(20-14-12-17-9-5-2-6-10-17)15-19-13-11-16-7-3-1-4-8-16;/h1-10,19H,11-15H2,(H,20,21);1H. The molecule has 2 aromatic carbocycles. The van der Waals surface area contributed by atoms with E-state index >= 15 is 0 Å². The Morgan fingerprint density at radius 2 is 1.27 bits per heavy atom. The molecule has 0 radical (unpaired) electrons. The van der Waals surface area contributed by atoms with Gasteiger partial charge >= 0.3 is 0 Å². The van der Waals surface area contributed by atoms with E-state index in [2.05, 4.69) is 34.9 Å². The molecule has 0 fully saturated rings. The smallest absolute Gasteiger partial charge is 0.233 e. The van der Waals surface area contributed by atoms with Crippen LogP contribution in [0, 0.1) is 0 Å². The predicted octanol–water partition coefficient (Wildman–Crippen LogP) is 2.60. The quantitative estimate of drug-likeness (QED) is 0.735. The van der Waals surface area contributed by atoms with Crippen LogP contribution in [-0.2, 0) is 17.6 Å². The first-order valence-corrected chi connectivity index (χ1v) is 7.40. The molecule has 2 rings (SSSR count). The molecule has 0 atom stereocenters. The van der Waals surface area contributed by atoms with Crippen LogP contribution in [0.15, 0.2) is 60.7 Å². The molecule has 22 heavy (non-hydrogen) atoms. The maximum atomic E-state index is 11.7. The van der Waals surface area contributed by atoms with Crippen LogP contribution in [-0.4, -0.2) is 25.5 Å². The molecule has 2 N–H and O–H groups in total. The van der Waals surface area contributed by atoms with Gasteiger partial charge in [-0.25, -0.2) is 0 Å². The number of carbonyl (C=O) groups is 1. The van der Waals surface area contributed by atoms with Crippen LogP contribution < -0.4 is 10.6 Å². The Balaban J connectivity index is 0.00000242. The molecule has 118 valence electrons. The molecule has 0 aromatic heterocycles. The summed E-state index contributed by atoms with van der Waals surface area (Å²) in [5, 5.41) is 6.10. The highest BCUT2D eigenvalue weighted by Gasteiger charge is 2.00. The fraction of sp³-hybridized carbons (Fsp3) is 0.278. The number of hydrogen-bond donors (Lipinski definition) is 2. The van der Waals surface area contributed by atoms with Crippen LogP contribution in [0.3, 0.4) is 0 Å². The van der Waals surface area contributed by atoms with Gasteiger partial charge in [0.25, 0.3) is 0 Å². The highest BCUT2D eigenvalue weighted by atomic mass is 35.5. The Labute approximate surface area is 138 Å².